The minimum absolute atomic E-state index is 0.0478. The van der Waals surface area contributed by atoms with E-state index in [1.54, 1.807) is 12.3 Å². The molecule has 1 heterocycles. The van der Waals surface area contributed by atoms with E-state index in [2.05, 4.69) is 17.2 Å². The van der Waals surface area contributed by atoms with Crippen molar-refractivity contribution in [1.29, 1.82) is 0 Å². The first-order valence-electron chi connectivity index (χ1n) is 7.14. The minimum Gasteiger partial charge on any atom is -0.494 e. The molecule has 1 atom stereocenters. The van der Waals surface area contributed by atoms with E-state index in [-0.39, 0.29) is 17.6 Å². The molecule has 1 N–H and O–H groups in total. The lowest BCUT2D eigenvalue weighted by Gasteiger charge is -2.21. The third kappa shape index (κ3) is 3.58. The molecule has 4 heteroatoms. The lowest BCUT2D eigenvalue weighted by molar-refractivity contribution is 0.385. The predicted molar refractivity (Wildman–Crippen MR) is 82.1 cm³/mol. The van der Waals surface area contributed by atoms with Gasteiger partial charge in [-0.05, 0) is 54.8 Å². The van der Waals surface area contributed by atoms with Gasteiger partial charge in [0.25, 0.3) is 0 Å². The van der Waals surface area contributed by atoms with Crippen LogP contribution in [-0.4, -0.2) is 18.6 Å². The summed E-state index contributed by atoms with van der Waals surface area (Å²) in [4.78, 5) is 4.12. The summed E-state index contributed by atoms with van der Waals surface area (Å²) in [6, 6.07) is 7.03. The van der Waals surface area contributed by atoms with Crippen molar-refractivity contribution in [3.63, 3.8) is 0 Å². The Morgan fingerprint density at radius 3 is 2.76 bits per heavy atom. The molecule has 21 heavy (non-hydrogen) atoms. The monoisotopic (exact) mass is 288 g/mol. The van der Waals surface area contributed by atoms with Crippen LogP contribution < -0.4 is 10.1 Å². The highest BCUT2D eigenvalue weighted by molar-refractivity contribution is 5.38. The van der Waals surface area contributed by atoms with Crippen LogP contribution in [0.15, 0.2) is 36.7 Å². The van der Waals surface area contributed by atoms with Crippen LogP contribution in [0.5, 0.6) is 5.75 Å². The quantitative estimate of drug-likeness (QED) is 0.881. The number of hydrogen-bond donors (Lipinski definition) is 1. The number of rotatable bonds is 6. The molecule has 0 bridgehead atoms. The van der Waals surface area contributed by atoms with Crippen molar-refractivity contribution in [2.24, 2.45) is 0 Å². The fourth-order valence-corrected chi connectivity index (χ4v) is 2.37. The van der Waals surface area contributed by atoms with Crippen LogP contribution >= 0.6 is 0 Å². The van der Waals surface area contributed by atoms with Gasteiger partial charge in [0, 0.05) is 12.4 Å². The number of benzene rings is 1. The van der Waals surface area contributed by atoms with E-state index in [0.717, 1.165) is 29.7 Å². The summed E-state index contributed by atoms with van der Waals surface area (Å²) in [5.74, 6) is -0.0792. The number of nitrogens with one attached hydrogen (secondary N) is 1. The Hall–Kier alpha value is -1.94. The maximum Gasteiger partial charge on any atom is 0.165 e. The molecule has 2 aromatic rings. The van der Waals surface area contributed by atoms with E-state index < -0.39 is 0 Å². The van der Waals surface area contributed by atoms with Gasteiger partial charge < -0.3 is 10.1 Å². The third-order valence-corrected chi connectivity index (χ3v) is 3.48. The minimum atomic E-state index is -0.343. The van der Waals surface area contributed by atoms with Gasteiger partial charge in [0.05, 0.1) is 13.2 Å². The summed E-state index contributed by atoms with van der Waals surface area (Å²) < 4.78 is 19.0. The molecule has 0 saturated carbocycles. The molecule has 3 nitrogen and oxygen atoms in total. The van der Waals surface area contributed by atoms with Crippen molar-refractivity contribution < 1.29 is 9.13 Å². The molecule has 0 fully saturated rings. The van der Waals surface area contributed by atoms with Gasteiger partial charge in [0.2, 0.25) is 0 Å². The number of hydrogen-bond acceptors (Lipinski definition) is 3. The Kier molecular flexibility index (Phi) is 5.28. The maximum atomic E-state index is 14.0. The van der Waals surface area contributed by atoms with E-state index >= 15 is 0 Å². The first-order chi connectivity index (χ1) is 10.2. The number of methoxy groups -OCH3 is 1. The number of nitrogens with zero attached hydrogens (tertiary/aromatic N) is 1. The SMILES string of the molecule is CCCNC(c1ccc(OC)c(F)c1)c1ccncc1C. The first kappa shape index (κ1) is 15.4. The number of aromatic nitrogens is 1. The van der Waals surface area contributed by atoms with Gasteiger partial charge in [-0.25, -0.2) is 4.39 Å². The molecule has 0 aliphatic carbocycles. The van der Waals surface area contributed by atoms with E-state index in [9.17, 15) is 4.39 Å². The Labute approximate surface area is 125 Å². The summed E-state index contributed by atoms with van der Waals surface area (Å²) in [7, 11) is 1.47. The molecular formula is C17H21FN2O. The molecular weight excluding hydrogens is 267 g/mol. The lowest BCUT2D eigenvalue weighted by atomic mass is 9.96. The van der Waals surface area contributed by atoms with Crippen LogP contribution in [0.2, 0.25) is 0 Å². The van der Waals surface area contributed by atoms with Crippen molar-refractivity contribution in [2.45, 2.75) is 26.3 Å². The zero-order valence-electron chi connectivity index (χ0n) is 12.7. The van der Waals surface area contributed by atoms with Crippen molar-refractivity contribution in [3.8, 4) is 5.75 Å². The normalized spacial score (nSPS) is 12.2. The molecule has 0 spiro atoms. The van der Waals surface area contributed by atoms with Crippen molar-refractivity contribution in [3.05, 3.63) is 59.2 Å². The van der Waals surface area contributed by atoms with Crippen LogP contribution in [0, 0.1) is 12.7 Å². The van der Waals surface area contributed by atoms with Crippen molar-refractivity contribution in [1.82, 2.24) is 10.3 Å². The number of ether oxygens (including phenoxy) is 1. The smallest absolute Gasteiger partial charge is 0.165 e. The first-order valence-corrected chi connectivity index (χ1v) is 7.14. The lowest BCUT2D eigenvalue weighted by Crippen LogP contribution is -2.24. The maximum absolute atomic E-state index is 14.0. The Bertz CT molecular complexity index is 601. The Balaban J connectivity index is 2.40. The van der Waals surface area contributed by atoms with E-state index in [1.807, 2.05) is 25.3 Å². The molecule has 112 valence electrons. The number of aryl methyl sites for hydroxylation is 1. The van der Waals surface area contributed by atoms with Crippen molar-refractivity contribution in [2.75, 3.05) is 13.7 Å². The molecule has 0 radical (unpaired) electrons. The highest BCUT2D eigenvalue weighted by Gasteiger charge is 2.17. The fourth-order valence-electron chi connectivity index (χ4n) is 2.37. The van der Waals surface area contributed by atoms with Crippen LogP contribution in [-0.2, 0) is 0 Å². The highest BCUT2D eigenvalue weighted by Crippen LogP contribution is 2.27. The molecule has 0 amide bonds. The largest absolute Gasteiger partial charge is 0.494 e. The van der Waals surface area contributed by atoms with Crippen LogP contribution in [0.4, 0.5) is 4.39 Å². The van der Waals surface area contributed by atoms with Crippen molar-refractivity contribution >= 4 is 0 Å². The summed E-state index contributed by atoms with van der Waals surface area (Å²) in [6.07, 6.45) is 4.61. The molecule has 0 aliphatic heterocycles. The van der Waals surface area contributed by atoms with Gasteiger partial charge in [0.15, 0.2) is 11.6 Å². The average Bonchev–Trinajstić information content (AvgIpc) is 2.49. The molecule has 1 aromatic heterocycles. The van der Waals surface area contributed by atoms with E-state index in [1.165, 1.54) is 13.2 Å². The molecule has 0 saturated heterocycles. The average molecular weight is 288 g/mol. The zero-order valence-corrected chi connectivity index (χ0v) is 12.7. The van der Waals surface area contributed by atoms with Gasteiger partial charge >= 0.3 is 0 Å². The predicted octanol–water partition coefficient (Wildman–Crippen LogP) is 3.63. The standard InChI is InChI=1S/C17H21FN2O/c1-4-8-20-17(14-7-9-19-11-12(14)2)13-5-6-16(21-3)15(18)10-13/h5-7,9-11,17,20H,4,8H2,1-3H3. The number of pyridine rings is 1. The molecule has 0 aliphatic rings. The molecule has 1 aromatic carbocycles. The second kappa shape index (κ2) is 7.18. The second-order valence-corrected chi connectivity index (χ2v) is 5.01. The molecule has 1 unspecified atom stereocenters. The van der Waals surface area contributed by atoms with Gasteiger partial charge in [-0.1, -0.05) is 13.0 Å². The van der Waals surface area contributed by atoms with Crippen LogP contribution in [0.3, 0.4) is 0 Å². The van der Waals surface area contributed by atoms with E-state index in [4.69, 9.17) is 4.74 Å². The molecule has 2 rings (SSSR count). The van der Waals surface area contributed by atoms with Gasteiger partial charge in [0.1, 0.15) is 0 Å². The van der Waals surface area contributed by atoms with Crippen LogP contribution in [0.25, 0.3) is 0 Å². The fraction of sp³-hybridized carbons (Fsp3) is 0.353. The Morgan fingerprint density at radius 1 is 1.33 bits per heavy atom. The summed E-state index contributed by atoms with van der Waals surface area (Å²) in [6.45, 7) is 4.99. The summed E-state index contributed by atoms with van der Waals surface area (Å²) >= 11 is 0. The number of halogens is 1. The van der Waals surface area contributed by atoms with Gasteiger partial charge in [-0.2, -0.15) is 0 Å². The summed E-state index contributed by atoms with van der Waals surface area (Å²) in [5, 5.41) is 3.47. The van der Waals surface area contributed by atoms with Gasteiger partial charge in [-0.15, -0.1) is 0 Å². The third-order valence-electron chi connectivity index (χ3n) is 3.48. The van der Waals surface area contributed by atoms with Crippen LogP contribution in [0.1, 0.15) is 36.1 Å². The summed E-state index contributed by atoms with van der Waals surface area (Å²) in [5.41, 5.74) is 3.08. The van der Waals surface area contributed by atoms with Gasteiger partial charge in [-0.3, -0.25) is 4.98 Å². The second-order valence-electron chi connectivity index (χ2n) is 5.01. The topological polar surface area (TPSA) is 34.1 Å². The van der Waals surface area contributed by atoms with E-state index in [0.29, 0.717) is 0 Å². The zero-order chi connectivity index (χ0) is 15.2. The Morgan fingerprint density at radius 2 is 2.14 bits per heavy atom. The highest BCUT2D eigenvalue weighted by atomic mass is 19.1.